The first-order chi connectivity index (χ1) is 12.8. The first-order valence-electron chi connectivity index (χ1n) is 9.17. The molecule has 0 aliphatic rings. The molecule has 146 valence electrons. The molecule has 0 aliphatic heterocycles. The Morgan fingerprint density at radius 3 is 2.26 bits per heavy atom. The Morgan fingerprint density at radius 1 is 1.00 bits per heavy atom. The quantitative estimate of drug-likeness (QED) is 0.566. The molecule has 6 heteroatoms. The highest BCUT2D eigenvalue weighted by atomic mass is 32.2. The predicted molar refractivity (Wildman–Crippen MR) is 112 cm³/mol. The number of nitrogens with one attached hydrogen (secondary N) is 2. The molecule has 0 fully saturated rings. The maximum Gasteiger partial charge on any atom is 0.191 e. The second-order valence-corrected chi connectivity index (χ2v) is 8.71. The van der Waals surface area contributed by atoms with Gasteiger partial charge in [-0.3, -0.25) is 0 Å². The number of hydrogen-bond donors (Lipinski definition) is 2. The lowest BCUT2D eigenvalue weighted by atomic mass is 10.1. The normalized spacial score (nSPS) is 12.1. The summed E-state index contributed by atoms with van der Waals surface area (Å²) in [5.41, 5.74) is 4.29. The van der Waals surface area contributed by atoms with E-state index in [1.165, 1.54) is 17.4 Å². The number of rotatable bonds is 7. The van der Waals surface area contributed by atoms with Crippen LogP contribution in [0.1, 0.15) is 29.2 Å². The molecular weight excluding hydrogens is 358 g/mol. The number of aliphatic imine (C=N–C) groups is 1. The summed E-state index contributed by atoms with van der Waals surface area (Å²) < 4.78 is 23.4. The van der Waals surface area contributed by atoms with Crippen LogP contribution in [0.15, 0.2) is 52.4 Å². The van der Waals surface area contributed by atoms with Gasteiger partial charge in [-0.05, 0) is 49.9 Å². The Balaban J connectivity index is 1.98. The number of aryl methyl sites for hydroxylation is 2. The molecule has 0 heterocycles. The highest BCUT2D eigenvalue weighted by Crippen LogP contribution is 2.17. The van der Waals surface area contributed by atoms with Crippen molar-refractivity contribution in [3.05, 3.63) is 64.7 Å². The fourth-order valence-corrected chi connectivity index (χ4v) is 3.78. The summed E-state index contributed by atoms with van der Waals surface area (Å²) in [5.74, 6) is 0.759. The lowest BCUT2D eigenvalue weighted by Crippen LogP contribution is -2.38. The van der Waals surface area contributed by atoms with Crippen molar-refractivity contribution in [2.45, 2.75) is 38.6 Å². The first-order valence-corrected chi connectivity index (χ1v) is 11.1. The fraction of sp³-hybridized carbons (Fsp3) is 0.381. The van der Waals surface area contributed by atoms with Crippen LogP contribution in [-0.4, -0.2) is 33.7 Å². The van der Waals surface area contributed by atoms with Crippen LogP contribution in [0.3, 0.4) is 0 Å². The summed E-state index contributed by atoms with van der Waals surface area (Å²) in [6.45, 7) is 7.99. The highest BCUT2D eigenvalue weighted by molar-refractivity contribution is 7.90. The van der Waals surface area contributed by atoms with Crippen molar-refractivity contribution >= 4 is 15.8 Å². The number of hydrogen-bond acceptors (Lipinski definition) is 3. The Morgan fingerprint density at radius 2 is 1.67 bits per heavy atom. The molecule has 0 saturated carbocycles. The first kappa shape index (κ1) is 21.0. The summed E-state index contributed by atoms with van der Waals surface area (Å²) in [4.78, 5) is 4.98. The van der Waals surface area contributed by atoms with Crippen molar-refractivity contribution in [2.24, 2.45) is 4.99 Å². The maximum absolute atomic E-state index is 11.7. The Labute approximate surface area is 162 Å². The largest absolute Gasteiger partial charge is 0.357 e. The molecule has 2 N–H and O–H groups in total. The molecule has 0 radical (unpaired) electrons. The van der Waals surface area contributed by atoms with Crippen LogP contribution in [0, 0.1) is 13.8 Å². The van der Waals surface area contributed by atoms with E-state index in [1.807, 2.05) is 26.0 Å². The molecular formula is C21H29N3O2S. The minimum absolute atomic E-state index is 0.373. The van der Waals surface area contributed by atoms with Crippen LogP contribution < -0.4 is 10.6 Å². The molecule has 2 aromatic carbocycles. The number of guanidine groups is 1. The average Bonchev–Trinajstić information content (AvgIpc) is 2.60. The molecule has 0 spiro atoms. The smallest absolute Gasteiger partial charge is 0.191 e. The topological polar surface area (TPSA) is 70.6 Å². The second kappa shape index (κ2) is 9.55. The van der Waals surface area contributed by atoms with Gasteiger partial charge in [0, 0.05) is 19.3 Å². The van der Waals surface area contributed by atoms with E-state index in [0.29, 0.717) is 11.4 Å². The summed E-state index contributed by atoms with van der Waals surface area (Å²) in [6, 6.07) is 13.9. The van der Waals surface area contributed by atoms with Gasteiger partial charge in [-0.1, -0.05) is 42.0 Å². The fourth-order valence-electron chi connectivity index (χ4n) is 2.82. The van der Waals surface area contributed by atoms with Crippen LogP contribution in [-0.2, 0) is 22.8 Å². The van der Waals surface area contributed by atoms with Gasteiger partial charge in [0.25, 0.3) is 0 Å². The minimum Gasteiger partial charge on any atom is -0.357 e. The third-order valence-electron chi connectivity index (χ3n) is 4.23. The molecule has 0 aromatic heterocycles. The molecule has 2 aromatic rings. The molecule has 0 atom stereocenters. The highest BCUT2D eigenvalue weighted by Gasteiger charge is 2.10. The average molecular weight is 388 g/mol. The van der Waals surface area contributed by atoms with Crippen molar-refractivity contribution in [3.8, 4) is 0 Å². The number of sulfone groups is 1. The van der Waals surface area contributed by atoms with Gasteiger partial charge in [-0.15, -0.1) is 0 Å². The molecule has 5 nitrogen and oxygen atoms in total. The summed E-state index contributed by atoms with van der Waals surface area (Å²) in [6.07, 6.45) is 2.15. The van der Waals surface area contributed by atoms with Crippen LogP contribution in [0.25, 0.3) is 0 Å². The molecule has 0 unspecified atom stereocenters. The van der Waals surface area contributed by atoms with Gasteiger partial charge in [0.15, 0.2) is 15.8 Å². The lowest BCUT2D eigenvalue weighted by molar-refractivity contribution is 0.601. The van der Waals surface area contributed by atoms with E-state index >= 15 is 0 Å². The van der Waals surface area contributed by atoms with Crippen molar-refractivity contribution < 1.29 is 8.42 Å². The van der Waals surface area contributed by atoms with Gasteiger partial charge in [0.05, 0.1) is 11.4 Å². The van der Waals surface area contributed by atoms with E-state index in [4.69, 9.17) is 0 Å². The zero-order valence-corrected chi connectivity index (χ0v) is 17.4. The number of benzene rings is 2. The van der Waals surface area contributed by atoms with Crippen molar-refractivity contribution in [2.75, 3.05) is 19.3 Å². The van der Waals surface area contributed by atoms with E-state index in [-0.39, 0.29) is 0 Å². The van der Waals surface area contributed by atoms with Crippen molar-refractivity contribution in [1.82, 2.24) is 10.6 Å². The van der Waals surface area contributed by atoms with E-state index < -0.39 is 9.84 Å². The number of nitrogens with zero attached hydrogens (tertiary/aromatic N) is 1. The predicted octanol–water partition coefficient (Wildman–Crippen LogP) is 3.00. The van der Waals surface area contributed by atoms with Gasteiger partial charge < -0.3 is 10.6 Å². The van der Waals surface area contributed by atoms with Gasteiger partial charge in [0.2, 0.25) is 0 Å². The van der Waals surface area contributed by atoms with Gasteiger partial charge in [-0.25, -0.2) is 13.4 Å². The third-order valence-corrected chi connectivity index (χ3v) is 5.49. The van der Waals surface area contributed by atoms with Gasteiger partial charge in [0.1, 0.15) is 0 Å². The van der Waals surface area contributed by atoms with Gasteiger partial charge in [-0.2, -0.15) is 0 Å². The third kappa shape index (κ3) is 6.71. The Hall–Kier alpha value is -2.34. The molecule has 0 amide bonds. The SMILES string of the molecule is CCNC(=NCc1ccc(S(C)(=O)=O)c(C)c1)NCCc1ccc(C)cc1. The van der Waals surface area contributed by atoms with Crippen LogP contribution in [0.4, 0.5) is 0 Å². The maximum atomic E-state index is 11.7. The van der Waals surface area contributed by atoms with Crippen LogP contribution in [0.2, 0.25) is 0 Å². The Kier molecular flexibility index (Phi) is 7.42. The van der Waals surface area contributed by atoms with Crippen molar-refractivity contribution in [1.29, 1.82) is 0 Å². The molecule has 0 aliphatic carbocycles. The van der Waals surface area contributed by atoms with Crippen molar-refractivity contribution in [3.63, 3.8) is 0 Å². The molecule has 0 saturated heterocycles. The summed E-state index contributed by atoms with van der Waals surface area (Å²) >= 11 is 0. The minimum atomic E-state index is -3.19. The van der Waals surface area contributed by atoms with Crippen LogP contribution >= 0.6 is 0 Å². The van der Waals surface area contributed by atoms with E-state index in [9.17, 15) is 8.42 Å². The van der Waals surface area contributed by atoms with E-state index in [2.05, 4.69) is 46.8 Å². The lowest BCUT2D eigenvalue weighted by Gasteiger charge is -2.12. The monoisotopic (exact) mass is 387 g/mol. The van der Waals surface area contributed by atoms with Crippen LogP contribution in [0.5, 0.6) is 0 Å². The second-order valence-electron chi connectivity index (χ2n) is 6.73. The van der Waals surface area contributed by atoms with E-state index in [0.717, 1.165) is 36.6 Å². The zero-order valence-electron chi connectivity index (χ0n) is 16.5. The molecule has 0 bridgehead atoms. The molecule has 27 heavy (non-hydrogen) atoms. The van der Waals surface area contributed by atoms with E-state index in [1.54, 1.807) is 6.07 Å². The summed E-state index contributed by atoms with van der Waals surface area (Å²) in [5, 5.41) is 6.59. The Bertz CT molecular complexity index is 888. The molecule has 2 rings (SSSR count). The van der Waals surface area contributed by atoms with Gasteiger partial charge >= 0.3 is 0 Å². The standard InChI is InChI=1S/C21H29N3O2S/c1-5-22-21(23-13-12-18-8-6-16(2)7-9-18)24-15-19-10-11-20(17(3)14-19)27(4,25)26/h6-11,14H,5,12-13,15H2,1-4H3,(H2,22,23,24). The zero-order chi connectivity index (χ0) is 19.9. The summed E-state index contributed by atoms with van der Waals surface area (Å²) in [7, 11) is -3.19.